The van der Waals surface area contributed by atoms with Gasteiger partial charge in [-0.15, -0.1) is 0 Å². The number of phenolic OH excluding ortho intramolecular Hbond substituents is 3. The van der Waals surface area contributed by atoms with Crippen molar-refractivity contribution in [3.05, 3.63) is 117 Å². The van der Waals surface area contributed by atoms with Crippen LogP contribution in [0.1, 0.15) is 112 Å². The summed E-state index contributed by atoms with van der Waals surface area (Å²) in [5.74, 6) is -17.0. The highest BCUT2D eigenvalue weighted by Gasteiger charge is 2.51. The first-order chi connectivity index (χ1) is 47.7. The number of nitrogens with one attached hydrogen (secondary N) is 7. The summed E-state index contributed by atoms with van der Waals surface area (Å²) in [6.07, 6.45) is -15.3. The summed E-state index contributed by atoms with van der Waals surface area (Å²) in [5.41, 5.74) is 8.32. The predicted octanol–water partition coefficient (Wildman–Crippen LogP) is 0.770. The third-order valence-electron chi connectivity index (χ3n) is 18.3. The molecule has 32 nitrogen and oxygen atoms in total. The number of rotatable bonds is 13. The normalized spacial score (nSPS) is 29.4. The topological polar surface area (TPSA) is 521 Å². The maximum atomic E-state index is 16.0. The summed E-state index contributed by atoms with van der Waals surface area (Å²) < 4.78 is 32.5. The molecular weight excluding hydrogens is 1370 g/mol. The molecule has 101 heavy (non-hydrogen) atoms. The van der Waals surface area contributed by atoms with Gasteiger partial charge in [-0.2, -0.15) is 0 Å². The van der Waals surface area contributed by atoms with Crippen LogP contribution in [0.4, 0.5) is 0 Å². The Morgan fingerprint density at radius 1 is 0.713 bits per heavy atom. The number of likely N-dealkylation sites (N-methyl/N-ethyl adjacent to an activating group) is 1. The third-order valence-corrected chi connectivity index (χ3v) is 18.9. The molecule has 2 saturated heterocycles. The minimum absolute atomic E-state index is 0.0216. The number of hydrogen-bond donors (Lipinski definition) is 19. The van der Waals surface area contributed by atoms with E-state index in [4.69, 9.17) is 58.4 Å². The molecule has 0 spiro atoms. The number of halogens is 2. The number of primary amides is 1. The number of fused-ring (bicyclic) bond motifs is 15. The number of amides is 7. The van der Waals surface area contributed by atoms with E-state index in [2.05, 4.69) is 37.2 Å². The Morgan fingerprint density at radius 2 is 1.32 bits per heavy atom. The first-order valence-corrected chi connectivity index (χ1v) is 32.7. The molecule has 18 atom stereocenters. The minimum atomic E-state index is -2.32. The van der Waals surface area contributed by atoms with Gasteiger partial charge in [0.25, 0.3) is 0 Å². The number of nitrogens with two attached hydrogens (primary N) is 2. The first kappa shape index (κ1) is 74.5. The van der Waals surface area contributed by atoms with Gasteiger partial charge in [-0.3, -0.25) is 33.6 Å². The summed E-state index contributed by atoms with van der Waals surface area (Å²) in [4.78, 5) is 117. The summed E-state index contributed by atoms with van der Waals surface area (Å²) >= 11 is 14.1. The molecule has 2 fully saturated rings. The van der Waals surface area contributed by atoms with Gasteiger partial charge in [-0.05, 0) is 123 Å². The molecule has 0 aromatic heterocycles. The number of ether oxygens (including phenoxy) is 5. The van der Waals surface area contributed by atoms with Crippen LogP contribution in [-0.4, -0.2) is 185 Å². The van der Waals surface area contributed by atoms with Gasteiger partial charge in [-0.25, -0.2) is 4.79 Å². The van der Waals surface area contributed by atoms with Crippen molar-refractivity contribution in [2.75, 3.05) is 13.7 Å². The SMILES string of the molecule is CN[C@H](CC(C)C)C(=O)N[C@H]1C(=O)N[C@@H](CC(N)=O)C(=O)N[C@H]2C(=O)N[C@H]3C(=O)N[C@H](C(=O)N[C@H](C(=O)O)c4cc(O)cc(O)c4-c4cc3ccc4O)[C@H](O)c3ccc(c(Cl)c3)Oc3cc2cc(c3O[C@@H]2O[C@H](CO)[C@@H](O)[C@H](O)[C@H]2CC2C[C@](C)(N)[C@H](O)[C@H](C)O2)Oc2ccc(cc2Cl)[C@H]1O. The monoisotopic (exact) mass is 1450 g/mol. The van der Waals surface area contributed by atoms with Crippen molar-refractivity contribution in [2.45, 2.75) is 156 Å². The largest absolute Gasteiger partial charge is 0.508 e. The highest BCUT2D eigenvalue weighted by atomic mass is 35.5. The summed E-state index contributed by atoms with van der Waals surface area (Å²) in [6.45, 7) is 5.89. The molecule has 7 amide bonds. The molecule has 7 aliphatic rings. The number of carboxylic acid groups (broad SMARTS) is 1. The number of carboxylic acids is 1. The molecule has 7 aliphatic heterocycles. The highest BCUT2D eigenvalue weighted by molar-refractivity contribution is 6.32. The number of aliphatic carboxylic acids is 1. The lowest BCUT2D eigenvalue weighted by atomic mass is 9.79. The second kappa shape index (κ2) is 30.2. The van der Waals surface area contributed by atoms with Gasteiger partial charge < -0.3 is 123 Å². The molecule has 7 heterocycles. The van der Waals surface area contributed by atoms with E-state index in [0.717, 1.165) is 66.7 Å². The van der Waals surface area contributed by atoms with Crippen LogP contribution in [0.15, 0.2) is 78.9 Å². The van der Waals surface area contributed by atoms with E-state index in [9.17, 15) is 75.0 Å². The number of carbonyl (C=O) groups is 8. The van der Waals surface area contributed by atoms with Crippen LogP contribution in [0.5, 0.6) is 46.0 Å². The molecule has 12 rings (SSSR count). The zero-order valence-corrected chi connectivity index (χ0v) is 56.1. The van der Waals surface area contributed by atoms with Crippen LogP contribution in [0, 0.1) is 11.8 Å². The summed E-state index contributed by atoms with van der Waals surface area (Å²) in [6, 6.07) is -0.334. The molecule has 0 aliphatic carbocycles. The fraction of sp³-hybridized carbons (Fsp3) is 0.433. The van der Waals surface area contributed by atoms with Crippen molar-refractivity contribution in [3.8, 4) is 57.1 Å². The predicted molar refractivity (Wildman–Crippen MR) is 353 cm³/mol. The van der Waals surface area contributed by atoms with E-state index in [1.54, 1.807) is 13.8 Å². The van der Waals surface area contributed by atoms with Crippen molar-refractivity contribution in [1.82, 2.24) is 37.2 Å². The molecule has 1 unspecified atom stereocenters. The van der Waals surface area contributed by atoms with E-state index >= 15 is 14.4 Å². The van der Waals surface area contributed by atoms with Crippen molar-refractivity contribution < 1.29 is 113 Å². The Balaban J connectivity index is 1.24. The first-order valence-electron chi connectivity index (χ1n) is 32.0. The number of aliphatic hydroxyl groups is 6. The van der Waals surface area contributed by atoms with Gasteiger partial charge in [0.1, 0.15) is 83.4 Å². The molecule has 542 valence electrons. The fourth-order valence-electron chi connectivity index (χ4n) is 13.1. The molecule has 34 heteroatoms. The van der Waals surface area contributed by atoms with Gasteiger partial charge in [0.15, 0.2) is 17.5 Å². The lowest BCUT2D eigenvalue weighted by Gasteiger charge is -2.47. The molecule has 11 bridgehead atoms. The number of benzene rings is 5. The zero-order chi connectivity index (χ0) is 73.5. The van der Waals surface area contributed by atoms with Gasteiger partial charge >= 0.3 is 5.97 Å². The van der Waals surface area contributed by atoms with Crippen LogP contribution in [0.3, 0.4) is 0 Å². The van der Waals surface area contributed by atoms with E-state index in [-0.39, 0.29) is 58.4 Å². The molecule has 0 saturated carbocycles. The van der Waals surface area contributed by atoms with Crippen LogP contribution in [-0.2, 0) is 47.8 Å². The number of aliphatic hydroxyl groups excluding tert-OH is 6. The Labute approximate surface area is 585 Å². The Morgan fingerprint density at radius 3 is 1.90 bits per heavy atom. The minimum Gasteiger partial charge on any atom is -0.508 e. The third kappa shape index (κ3) is 15.8. The Hall–Kier alpha value is -9.16. The average Bonchev–Trinajstić information content (AvgIpc) is 0.775. The lowest BCUT2D eigenvalue weighted by molar-refractivity contribution is -0.268. The van der Waals surface area contributed by atoms with Crippen molar-refractivity contribution in [2.24, 2.45) is 23.3 Å². The molecule has 5 aromatic carbocycles. The smallest absolute Gasteiger partial charge is 0.330 e. The zero-order valence-electron chi connectivity index (χ0n) is 54.6. The average molecular weight is 1450 g/mol. The number of phenols is 3. The van der Waals surface area contributed by atoms with E-state index < -0.39 is 231 Å². The maximum Gasteiger partial charge on any atom is 0.330 e. The second-order valence-corrected chi connectivity index (χ2v) is 27.0. The fourth-order valence-corrected chi connectivity index (χ4v) is 13.5. The van der Waals surface area contributed by atoms with E-state index in [0.29, 0.717) is 0 Å². The maximum absolute atomic E-state index is 16.0. The van der Waals surface area contributed by atoms with Crippen LogP contribution in [0.25, 0.3) is 11.1 Å². The number of carbonyl (C=O) groups excluding carboxylic acids is 7. The van der Waals surface area contributed by atoms with Crippen molar-refractivity contribution >= 4 is 70.5 Å². The van der Waals surface area contributed by atoms with Crippen molar-refractivity contribution in [3.63, 3.8) is 0 Å². The van der Waals surface area contributed by atoms with E-state index in [1.165, 1.54) is 19.2 Å². The van der Waals surface area contributed by atoms with Gasteiger partial charge in [0.05, 0.1) is 59.4 Å². The standard InChI is InChI=1S/C67H77Cl2N9O23/c1-24(2)12-37(72-5)59(89)77-51-53(84)27-7-10-41(35(68)14-27)98-43-16-29-17-44(57(43)101-66-34(55(86)56(87)45(23-79)100-66)20-31-22-67(4,71)58(88)25(3)97-31)99-42-11-8-28(15-36(42)69)54(85)52-64(94)76-50(65(95)96)33-18-30(80)19-40(82)47(33)32-13-26(6-9-39(32)81)48(61(91)78-52)75-62(92)49(29)74-60(90)38(21-46(70)83)73-63(51)93/h6-11,13-19,24-25,31,34,37-38,45,48-56,58,66,72,79-82,84-88H,12,20-23,71H2,1-5H3,(H2,70,83)(H,73,93)(H,74,90)(H,75,92)(H,76,94)(H,77,89)(H,78,91)(H,95,96)/t25-,31?,34+,37+,38-,45+,48+,49+,50-,51+,52-,53+,54+,55+,56+,58+,66-,67-/m0/s1. The molecule has 21 N–H and O–H groups in total. The quantitative estimate of drug-likeness (QED) is 0.0774. The van der Waals surface area contributed by atoms with Crippen LogP contribution in [0.2, 0.25) is 10.0 Å². The van der Waals surface area contributed by atoms with Crippen LogP contribution < -0.4 is 62.9 Å². The second-order valence-electron chi connectivity index (χ2n) is 26.2. The lowest BCUT2D eigenvalue weighted by Crippen LogP contribution is -2.62. The summed E-state index contributed by atoms with van der Waals surface area (Å²) in [7, 11) is 1.48. The van der Waals surface area contributed by atoms with Gasteiger partial charge in [-0.1, -0.05) is 55.2 Å². The Bertz CT molecular complexity index is 4070. The van der Waals surface area contributed by atoms with E-state index in [1.807, 2.05) is 13.8 Å². The number of aromatic hydroxyl groups is 3. The molecular formula is C67H77Cl2N9O23. The molecule has 5 aromatic rings. The van der Waals surface area contributed by atoms with Crippen molar-refractivity contribution in [1.29, 1.82) is 0 Å². The van der Waals surface area contributed by atoms with Crippen LogP contribution >= 0.6 is 23.2 Å². The Kier molecular flexibility index (Phi) is 22.3. The van der Waals surface area contributed by atoms with Gasteiger partial charge in [0, 0.05) is 28.3 Å². The highest BCUT2D eigenvalue weighted by Crippen LogP contribution is 2.50. The summed E-state index contributed by atoms with van der Waals surface area (Å²) in [5, 5.41) is 131. The van der Waals surface area contributed by atoms with Gasteiger partial charge in [0.2, 0.25) is 53.4 Å². The molecule has 0 radical (unpaired) electrons. The number of hydrogen-bond acceptors (Lipinski definition) is 24.